The number of hydrogen-bond donors (Lipinski definition) is 2. The van der Waals surface area contributed by atoms with Crippen LogP contribution in [0.3, 0.4) is 0 Å². The van der Waals surface area contributed by atoms with Gasteiger partial charge in [-0.15, -0.1) is 5.10 Å². The Balaban J connectivity index is 2.08. The van der Waals surface area contributed by atoms with Crippen LogP contribution in [0.25, 0.3) is 5.78 Å². The Morgan fingerprint density at radius 1 is 1.67 bits per heavy atom. The molecular weight excluding hydrogens is 300 g/mol. The SMILES string of the molecule is CC(N)CCNC(=O)c1nc2ncc(Br)cn2n1. The summed E-state index contributed by atoms with van der Waals surface area (Å²) in [6.07, 6.45) is 4.00. The van der Waals surface area contributed by atoms with Gasteiger partial charge >= 0.3 is 0 Å². The van der Waals surface area contributed by atoms with E-state index in [0.717, 1.165) is 4.47 Å². The summed E-state index contributed by atoms with van der Waals surface area (Å²) in [7, 11) is 0. The maximum atomic E-state index is 11.8. The molecule has 0 bridgehead atoms. The summed E-state index contributed by atoms with van der Waals surface area (Å²) in [5, 5.41) is 6.75. The van der Waals surface area contributed by atoms with Gasteiger partial charge in [0, 0.05) is 25.0 Å². The summed E-state index contributed by atoms with van der Waals surface area (Å²) >= 11 is 3.27. The molecule has 0 saturated carbocycles. The van der Waals surface area contributed by atoms with Crippen LogP contribution in [-0.4, -0.2) is 38.1 Å². The van der Waals surface area contributed by atoms with Gasteiger partial charge in [-0.1, -0.05) is 0 Å². The topological polar surface area (TPSA) is 98.2 Å². The number of nitrogens with two attached hydrogens (primary N) is 1. The third-order valence-electron chi connectivity index (χ3n) is 2.25. The molecule has 0 fully saturated rings. The minimum Gasteiger partial charge on any atom is -0.349 e. The molecule has 1 atom stereocenters. The monoisotopic (exact) mass is 312 g/mol. The molecule has 0 aliphatic heterocycles. The van der Waals surface area contributed by atoms with Crippen LogP contribution in [0.5, 0.6) is 0 Å². The normalized spacial score (nSPS) is 12.6. The number of rotatable bonds is 4. The number of amides is 1. The van der Waals surface area contributed by atoms with Crippen LogP contribution in [0.1, 0.15) is 24.0 Å². The van der Waals surface area contributed by atoms with Gasteiger partial charge in [0.1, 0.15) is 0 Å². The van der Waals surface area contributed by atoms with Crippen molar-refractivity contribution in [3.63, 3.8) is 0 Å². The Hall–Kier alpha value is -1.54. The molecule has 0 radical (unpaired) electrons. The van der Waals surface area contributed by atoms with E-state index in [2.05, 4.69) is 36.3 Å². The number of nitrogens with zero attached hydrogens (tertiary/aromatic N) is 4. The average Bonchev–Trinajstić information content (AvgIpc) is 2.71. The largest absolute Gasteiger partial charge is 0.349 e. The number of nitrogens with one attached hydrogen (secondary N) is 1. The minimum absolute atomic E-state index is 0.0527. The molecule has 0 aromatic carbocycles. The molecule has 2 aromatic heterocycles. The van der Waals surface area contributed by atoms with Gasteiger partial charge in [0.25, 0.3) is 11.7 Å². The molecule has 7 nitrogen and oxygen atoms in total. The number of hydrogen-bond acceptors (Lipinski definition) is 5. The van der Waals surface area contributed by atoms with Crippen molar-refractivity contribution in [2.45, 2.75) is 19.4 Å². The maximum absolute atomic E-state index is 11.8. The van der Waals surface area contributed by atoms with Crippen molar-refractivity contribution in [2.24, 2.45) is 5.73 Å². The van der Waals surface area contributed by atoms with Crippen LogP contribution < -0.4 is 11.1 Å². The van der Waals surface area contributed by atoms with E-state index in [1.807, 2.05) is 6.92 Å². The molecule has 18 heavy (non-hydrogen) atoms. The first kappa shape index (κ1) is 12.9. The lowest BCUT2D eigenvalue weighted by Gasteiger charge is -2.04. The summed E-state index contributed by atoms with van der Waals surface area (Å²) in [5.41, 5.74) is 5.59. The fraction of sp³-hybridized carbons (Fsp3) is 0.400. The smallest absolute Gasteiger partial charge is 0.291 e. The standard InChI is InChI=1S/C10H13BrN6O/c1-6(12)2-3-13-9(18)8-15-10-14-4-7(11)5-17(10)16-8/h4-6H,2-3,12H2,1H3,(H,13,18). The number of carbonyl (C=O) groups excluding carboxylic acids is 1. The zero-order valence-corrected chi connectivity index (χ0v) is 11.4. The summed E-state index contributed by atoms with van der Waals surface area (Å²) in [6.45, 7) is 2.39. The first-order valence-electron chi connectivity index (χ1n) is 5.48. The van der Waals surface area contributed by atoms with Gasteiger partial charge in [-0.25, -0.2) is 9.50 Å². The molecule has 2 aromatic rings. The Morgan fingerprint density at radius 3 is 3.17 bits per heavy atom. The molecule has 0 saturated heterocycles. The van der Waals surface area contributed by atoms with Gasteiger partial charge < -0.3 is 11.1 Å². The quantitative estimate of drug-likeness (QED) is 0.849. The van der Waals surface area contributed by atoms with Crippen LogP contribution >= 0.6 is 15.9 Å². The molecule has 2 heterocycles. The van der Waals surface area contributed by atoms with Gasteiger partial charge in [0.05, 0.1) is 4.47 Å². The van der Waals surface area contributed by atoms with Crippen molar-refractivity contribution < 1.29 is 4.79 Å². The number of halogens is 1. The summed E-state index contributed by atoms with van der Waals surface area (Å²) in [4.78, 5) is 19.8. The lowest BCUT2D eigenvalue weighted by atomic mass is 10.2. The number of aromatic nitrogens is 4. The number of carbonyl (C=O) groups is 1. The zero-order valence-electron chi connectivity index (χ0n) is 9.80. The average molecular weight is 313 g/mol. The lowest BCUT2D eigenvalue weighted by Crippen LogP contribution is -2.29. The van der Waals surface area contributed by atoms with E-state index >= 15 is 0 Å². The van der Waals surface area contributed by atoms with E-state index in [0.29, 0.717) is 18.7 Å². The second-order valence-corrected chi connectivity index (χ2v) is 4.89. The van der Waals surface area contributed by atoms with E-state index in [1.165, 1.54) is 4.52 Å². The Morgan fingerprint density at radius 2 is 2.44 bits per heavy atom. The summed E-state index contributed by atoms with van der Waals surface area (Å²) in [5.74, 6) is 0.165. The molecule has 1 unspecified atom stereocenters. The molecule has 8 heteroatoms. The predicted molar refractivity (Wildman–Crippen MR) is 69.1 cm³/mol. The minimum atomic E-state index is -0.322. The van der Waals surface area contributed by atoms with Gasteiger partial charge in [-0.05, 0) is 29.3 Å². The molecule has 2 rings (SSSR count). The van der Waals surface area contributed by atoms with Crippen LogP contribution in [0.4, 0.5) is 0 Å². The molecule has 1 amide bonds. The van der Waals surface area contributed by atoms with Gasteiger partial charge in [-0.2, -0.15) is 4.98 Å². The third kappa shape index (κ3) is 3.02. The zero-order chi connectivity index (χ0) is 13.1. The predicted octanol–water partition coefficient (Wildman–Crippen LogP) is 0.354. The second kappa shape index (κ2) is 5.40. The van der Waals surface area contributed by atoms with E-state index in [1.54, 1.807) is 12.4 Å². The fourth-order valence-electron chi connectivity index (χ4n) is 1.35. The fourth-order valence-corrected chi connectivity index (χ4v) is 1.64. The lowest BCUT2D eigenvalue weighted by molar-refractivity contribution is 0.0942. The Bertz CT molecular complexity index is 566. The first-order chi connectivity index (χ1) is 8.56. The van der Waals surface area contributed by atoms with Crippen molar-refractivity contribution in [2.75, 3.05) is 6.54 Å². The Labute approximate surface area is 112 Å². The van der Waals surface area contributed by atoms with E-state index in [-0.39, 0.29) is 17.8 Å². The van der Waals surface area contributed by atoms with Crippen LogP contribution in [-0.2, 0) is 0 Å². The number of fused-ring (bicyclic) bond motifs is 1. The van der Waals surface area contributed by atoms with Crippen molar-refractivity contribution in [1.29, 1.82) is 0 Å². The van der Waals surface area contributed by atoms with Crippen molar-refractivity contribution >= 4 is 27.6 Å². The molecular formula is C10H13BrN6O. The molecule has 0 aliphatic carbocycles. The highest BCUT2D eigenvalue weighted by Gasteiger charge is 2.13. The highest BCUT2D eigenvalue weighted by atomic mass is 79.9. The van der Waals surface area contributed by atoms with Crippen molar-refractivity contribution in [3.8, 4) is 0 Å². The van der Waals surface area contributed by atoms with Crippen molar-refractivity contribution in [3.05, 3.63) is 22.7 Å². The molecule has 3 N–H and O–H groups in total. The van der Waals surface area contributed by atoms with Gasteiger partial charge in [-0.3, -0.25) is 4.79 Å². The van der Waals surface area contributed by atoms with Gasteiger partial charge in [0.2, 0.25) is 5.82 Å². The van der Waals surface area contributed by atoms with Crippen LogP contribution in [0.15, 0.2) is 16.9 Å². The summed E-state index contributed by atoms with van der Waals surface area (Å²) < 4.78 is 2.22. The van der Waals surface area contributed by atoms with E-state index < -0.39 is 0 Å². The highest BCUT2D eigenvalue weighted by Crippen LogP contribution is 2.07. The molecule has 96 valence electrons. The molecule has 0 aliphatic rings. The highest BCUT2D eigenvalue weighted by molar-refractivity contribution is 9.10. The first-order valence-corrected chi connectivity index (χ1v) is 6.27. The second-order valence-electron chi connectivity index (χ2n) is 3.97. The Kier molecular flexibility index (Phi) is 3.87. The van der Waals surface area contributed by atoms with Crippen LogP contribution in [0.2, 0.25) is 0 Å². The van der Waals surface area contributed by atoms with Gasteiger partial charge in [0.15, 0.2) is 0 Å². The third-order valence-corrected chi connectivity index (χ3v) is 2.66. The van der Waals surface area contributed by atoms with E-state index in [9.17, 15) is 4.79 Å². The maximum Gasteiger partial charge on any atom is 0.291 e. The summed E-state index contributed by atoms with van der Waals surface area (Å²) in [6, 6.07) is 0.0527. The van der Waals surface area contributed by atoms with Crippen molar-refractivity contribution in [1.82, 2.24) is 24.9 Å². The van der Waals surface area contributed by atoms with E-state index in [4.69, 9.17) is 5.73 Å². The van der Waals surface area contributed by atoms with Crippen LogP contribution in [0, 0.1) is 0 Å². The molecule has 0 spiro atoms.